The molecular formula is C19H21NO4. The van der Waals surface area contributed by atoms with Gasteiger partial charge in [-0.2, -0.15) is 0 Å². The van der Waals surface area contributed by atoms with Crippen LogP contribution in [-0.2, 0) is 4.79 Å². The summed E-state index contributed by atoms with van der Waals surface area (Å²) in [7, 11) is 0. The maximum Gasteiger partial charge on any atom is 0.325 e. The number of rotatable bonds is 6. The fraction of sp³-hybridized carbons (Fsp3) is 0.316. The number of nitrogens with zero attached hydrogens (tertiary/aromatic N) is 1. The normalized spacial score (nSPS) is 17.5. The Labute approximate surface area is 141 Å². The second kappa shape index (κ2) is 7.36. The van der Waals surface area contributed by atoms with Crippen LogP contribution in [0.5, 0.6) is 11.5 Å². The lowest BCUT2D eigenvalue weighted by Crippen LogP contribution is -2.44. The zero-order valence-corrected chi connectivity index (χ0v) is 13.6. The summed E-state index contributed by atoms with van der Waals surface area (Å²) < 4.78 is 11.7. The van der Waals surface area contributed by atoms with Gasteiger partial charge in [0.15, 0.2) is 11.5 Å². The predicted octanol–water partition coefficient (Wildman–Crippen LogP) is 2.97. The Hall–Kier alpha value is -2.53. The second-order valence-corrected chi connectivity index (χ2v) is 5.74. The first-order valence-electron chi connectivity index (χ1n) is 8.09. The van der Waals surface area contributed by atoms with Crippen molar-refractivity contribution in [2.24, 2.45) is 0 Å². The number of benzene rings is 2. The van der Waals surface area contributed by atoms with E-state index in [2.05, 4.69) is 0 Å². The summed E-state index contributed by atoms with van der Waals surface area (Å²) in [6, 6.07) is 16.1. The van der Waals surface area contributed by atoms with Crippen LogP contribution >= 0.6 is 0 Å². The van der Waals surface area contributed by atoms with E-state index < -0.39 is 12.0 Å². The van der Waals surface area contributed by atoms with Crippen LogP contribution in [0.2, 0.25) is 0 Å². The molecule has 3 rings (SSSR count). The molecule has 126 valence electrons. The van der Waals surface area contributed by atoms with Gasteiger partial charge in [-0.1, -0.05) is 49.4 Å². The molecule has 0 spiro atoms. The summed E-state index contributed by atoms with van der Waals surface area (Å²) in [4.78, 5) is 13.7. The van der Waals surface area contributed by atoms with Crippen LogP contribution in [0.4, 0.5) is 0 Å². The van der Waals surface area contributed by atoms with Gasteiger partial charge in [-0.05, 0) is 24.2 Å². The SMILES string of the molecule is CCN(CC1COc2ccccc2O1)C(C(=O)O)c1ccccc1. The Balaban J connectivity index is 1.75. The number of carboxylic acids is 1. The van der Waals surface area contributed by atoms with E-state index in [0.29, 0.717) is 25.4 Å². The summed E-state index contributed by atoms with van der Waals surface area (Å²) >= 11 is 0. The molecule has 0 saturated carbocycles. The lowest BCUT2D eigenvalue weighted by Gasteiger charge is -2.33. The van der Waals surface area contributed by atoms with E-state index in [-0.39, 0.29) is 6.10 Å². The highest BCUT2D eigenvalue weighted by atomic mass is 16.6. The molecule has 0 saturated heterocycles. The predicted molar refractivity (Wildman–Crippen MR) is 90.4 cm³/mol. The van der Waals surface area contributed by atoms with Crippen LogP contribution < -0.4 is 9.47 Å². The van der Waals surface area contributed by atoms with Crippen molar-refractivity contribution in [1.82, 2.24) is 4.90 Å². The Morgan fingerprint density at radius 2 is 1.83 bits per heavy atom. The Morgan fingerprint density at radius 3 is 2.50 bits per heavy atom. The molecule has 2 aromatic carbocycles. The number of fused-ring (bicyclic) bond motifs is 1. The van der Waals surface area contributed by atoms with Crippen molar-refractivity contribution in [2.45, 2.75) is 19.1 Å². The molecule has 0 aliphatic carbocycles. The number of likely N-dealkylation sites (N-methyl/N-ethyl adjacent to an activating group) is 1. The molecule has 0 radical (unpaired) electrons. The molecule has 0 aromatic heterocycles. The van der Waals surface area contributed by atoms with Crippen LogP contribution in [0.15, 0.2) is 54.6 Å². The minimum atomic E-state index is -0.861. The van der Waals surface area contributed by atoms with Gasteiger partial charge < -0.3 is 14.6 Å². The van der Waals surface area contributed by atoms with E-state index in [1.165, 1.54) is 0 Å². The van der Waals surface area contributed by atoms with Crippen molar-refractivity contribution < 1.29 is 19.4 Å². The molecule has 0 bridgehead atoms. The van der Waals surface area contributed by atoms with Gasteiger partial charge in [0.05, 0.1) is 0 Å². The standard InChI is InChI=1S/C19H21NO4/c1-2-20(18(19(21)22)14-8-4-3-5-9-14)12-15-13-23-16-10-6-7-11-17(16)24-15/h3-11,15,18H,2,12-13H2,1H3,(H,21,22). The molecule has 5 nitrogen and oxygen atoms in total. The van der Waals surface area contributed by atoms with Crippen LogP contribution in [0, 0.1) is 0 Å². The number of ether oxygens (including phenoxy) is 2. The zero-order valence-electron chi connectivity index (χ0n) is 13.6. The van der Waals surface area contributed by atoms with E-state index in [1.54, 1.807) is 0 Å². The van der Waals surface area contributed by atoms with Crippen molar-refractivity contribution in [3.05, 3.63) is 60.2 Å². The molecule has 1 N–H and O–H groups in total. The van der Waals surface area contributed by atoms with Gasteiger partial charge in [-0.3, -0.25) is 9.69 Å². The maximum absolute atomic E-state index is 11.8. The first-order chi connectivity index (χ1) is 11.7. The Bertz CT molecular complexity index is 689. The highest BCUT2D eigenvalue weighted by Gasteiger charge is 2.30. The fourth-order valence-corrected chi connectivity index (χ4v) is 2.98. The van der Waals surface area contributed by atoms with Crippen LogP contribution in [0.1, 0.15) is 18.5 Å². The Kier molecular flexibility index (Phi) is 5.01. The molecule has 2 atom stereocenters. The highest BCUT2D eigenvalue weighted by Crippen LogP contribution is 2.31. The molecular weight excluding hydrogens is 306 g/mol. The van der Waals surface area contributed by atoms with Gasteiger partial charge in [0.25, 0.3) is 0 Å². The molecule has 5 heteroatoms. The lowest BCUT2D eigenvalue weighted by molar-refractivity contribution is -0.144. The smallest absolute Gasteiger partial charge is 0.325 e. The van der Waals surface area contributed by atoms with Crippen molar-refractivity contribution in [2.75, 3.05) is 19.7 Å². The molecule has 1 heterocycles. The number of carboxylic acid groups (broad SMARTS) is 1. The molecule has 1 aliphatic heterocycles. The topological polar surface area (TPSA) is 59.0 Å². The quantitative estimate of drug-likeness (QED) is 0.884. The summed E-state index contributed by atoms with van der Waals surface area (Å²) in [5, 5.41) is 9.70. The van der Waals surface area contributed by atoms with E-state index in [9.17, 15) is 9.90 Å². The van der Waals surface area contributed by atoms with Gasteiger partial charge in [0, 0.05) is 6.54 Å². The number of hydrogen-bond acceptors (Lipinski definition) is 4. The van der Waals surface area contributed by atoms with Crippen LogP contribution in [-0.4, -0.2) is 41.8 Å². The third kappa shape index (κ3) is 3.51. The summed E-state index contributed by atoms with van der Waals surface area (Å²) in [6.45, 7) is 3.45. The molecule has 0 amide bonds. The zero-order chi connectivity index (χ0) is 16.9. The van der Waals surface area contributed by atoms with Crippen molar-refractivity contribution in [3.63, 3.8) is 0 Å². The summed E-state index contributed by atoms with van der Waals surface area (Å²) in [5.41, 5.74) is 0.768. The van der Waals surface area contributed by atoms with E-state index in [4.69, 9.17) is 9.47 Å². The average Bonchev–Trinajstić information content (AvgIpc) is 2.61. The van der Waals surface area contributed by atoms with Gasteiger partial charge >= 0.3 is 5.97 Å². The highest BCUT2D eigenvalue weighted by molar-refractivity contribution is 5.75. The third-order valence-electron chi connectivity index (χ3n) is 4.13. The van der Waals surface area contributed by atoms with Gasteiger partial charge in [0.2, 0.25) is 0 Å². The number of hydrogen-bond donors (Lipinski definition) is 1. The van der Waals surface area contributed by atoms with Crippen molar-refractivity contribution in [3.8, 4) is 11.5 Å². The second-order valence-electron chi connectivity index (χ2n) is 5.74. The molecule has 1 aliphatic rings. The number of carbonyl (C=O) groups is 1. The van der Waals surface area contributed by atoms with Crippen LogP contribution in [0.3, 0.4) is 0 Å². The van der Waals surface area contributed by atoms with E-state index >= 15 is 0 Å². The molecule has 2 aromatic rings. The Morgan fingerprint density at radius 1 is 1.17 bits per heavy atom. The maximum atomic E-state index is 11.8. The monoisotopic (exact) mass is 327 g/mol. The van der Waals surface area contributed by atoms with Gasteiger partial charge in [0.1, 0.15) is 18.8 Å². The summed E-state index contributed by atoms with van der Waals surface area (Å²) in [5.74, 6) is 0.575. The lowest BCUT2D eigenvalue weighted by atomic mass is 10.0. The molecule has 2 unspecified atom stereocenters. The van der Waals surface area contributed by atoms with Gasteiger partial charge in [-0.15, -0.1) is 0 Å². The average molecular weight is 327 g/mol. The number of para-hydroxylation sites is 2. The van der Waals surface area contributed by atoms with Crippen molar-refractivity contribution >= 4 is 5.97 Å². The summed E-state index contributed by atoms with van der Waals surface area (Å²) in [6.07, 6.45) is -0.203. The largest absolute Gasteiger partial charge is 0.486 e. The van der Waals surface area contributed by atoms with E-state index in [0.717, 1.165) is 11.3 Å². The minimum absolute atomic E-state index is 0.203. The molecule has 0 fully saturated rings. The minimum Gasteiger partial charge on any atom is -0.486 e. The van der Waals surface area contributed by atoms with Crippen molar-refractivity contribution in [1.29, 1.82) is 0 Å². The van der Waals surface area contributed by atoms with E-state index in [1.807, 2.05) is 66.4 Å². The fourth-order valence-electron chi connectivity index (χ4n) is 2.98. The first-order valence-corrected chi connectivity index (χ1v) is 8.09. The number of aliphatic carboxylic acids is 1. The first kappa shape index (κ1) is 16.3. The third-order valence-corrected chi connectivity index (χ3v) is 4.13. The van der Waals surface area contributed by atoms with Crippen LogP contribution in [0.25, 0.3) is 0 Å². The van der Waals surface area contributed by atoms with Gasteiger partial charge in [-0.25, -0.2) is 0 Å². The molecule has 24 heavy (non-hydrogen) atoms.